The number of hydrogen-bond acceptors (Lipinski definition) is 3. The van der Waals surface area contributed by atoms with E-state index in [1.54, 1.807) is 6.07 Å². The van der Waals surface area contributed by atoms with E-state index in [2.05, 4.69) is 18.9 Å². The van der Waals surface area contributed by atoms with Gasteiger partial charge in [-0.2, -0.15) is 5.10 Å². The van der Waals surface area contributed by atoms with Gasteiger partial charge in [0.15, 0.2) is 5.78 Å². The first-order valence-corrected chi connectivity index (χ1v) is 6.34. The molecule has 0 atom stereocenters. The Hall–Kier alpha value is -1.84. The Morgan fingerprint density at radius 2 is 2.17 bits per heavy atom. The minimum absolute atomic E-state index is 0.0403. The Morgan fingerprint density at radius 1 is 1.39 bits per heavy atom. The van der Waals surface area contributed by atoms with E-state index in [1.807, 2.05) is 16.9 Å². The molecule has 0 bridgehead atoms. The zero-order chi connectivity index (χ0) is 13.0. The van der Waals surface area contributed by atoms with Crippen molar-refractivity contribution in [3.63, 3.8) is 0 Å². The number of hydrogen-bond donors (Lipinski definition) is 0. The molecule has 0 N–H and O–H groups in total. The molecule has 2 aromatic rings. The first-order chi connectivity index (χ1) is 8.74. The molecule has 0 amide bonds. The average molecular weight is 246 g/mol. The van der Waals surface area contributed by atoms with Crippen molar-refractivity contribution in [3.05, 3.63) is 42.1 Å². The van der Waals surface area contributed by atoms with E-state index < -0.39 is 0 Å². The van der Waals surface area contributed by atoms with E-state index in [9.17, 15) is 4.79 Å². The van der Waals surface area contributed by atoms with Gasteiger partial charge in [-0.15, -0.1) is 0 Å². The number of Topliss-reactive ketones (excluding diaryl/α,β-unsaturated/α-hetero) is 1. The Morgan fingerprint density at radius 3 is 2.78 bits per heavy atom. The molecule has 0 spiro atoms. The lowest BCUT2D eigenvalue weighted by Gasteiger charge is -2.12. The minimum atomic E-state index is 0.0403. The fourth-order valence-electron chi connectivity index (χ4n) is 2.03. The number of furan rings is 1. The fourth-order valence-corrected chi connectivity index (χ4v) is 2.03. The number of carbonyl (C=O) groups excluding carboxylic acids is 1. The van der Waals surface area contributed by atoms with Crippen LogP contribution in [0.15, 0.2) is 35.3 Å². The van der Waals surface area contributed by atoms with Gasteiger partial charge in [-0.3, -0.25) is 9.48 Å². The summed E-state index contributed by atoms with van der Waals surface area (Å²) in [5, 5.41) is 4.47. The van der Waals surface area contributed by atoms with Gasteiger partial charge in [0.05, 0.1) is 30.0 Å². The zero-order valence-corrected chi connectivity index (χ0v) is 10.8. The van der Waals surface area contributed by atoms with E-state index in [-0.39, 0.29) is 5.78 Å². The second kappa shape index (κ2) is 5.67. The first kappa shape index (κ1) is 12.6. The lowest BCUT2D eigenvalue weighted by Crippen LogP contribution is -2.09. The summed E-state index contributed by atoms with van der Waals surface area (Å²) in [7, 11) is 0. The van der Waals surface area contributed by atoms with Crippen molar-refractivity contribution in [1.29, 1.82) is 0 Å². The van der Waals surface area contributed by atoms with Crippen LogP contribution in [0, 0.1) is 0 Å². The summed E-state index contributed by atoms with van der Waals surface area (Å²) in [5.74, 6) is 0.0403. The second-order valence-corrected chi connectivity index (χ2v) is 4.37. The minimum Gasteiger partial charge on any atom is -0.472 e. The molecule has 4 heteroatoms. The van der Waals surface area contributed by atoms with Gasteiger partial charge in [0, 0.05) is 6.20 Å². The summed E-state index contributed by atoms with van der Waals surface area (Å²) in [6.45, 7) is 4.29. The van der Waals surface area contributed by atoms with Crippen LogP contribution in [-0.4, -0.2) is 15.6 Å². The highest BCUT2D eigenvalue weighted by Gasteiger charge is 2.12. The van der Waals surface area contributed by atoms with Crippen LogP contribution >= 0.6 is 0 Å². The highest BCUT2D eigenvalue weighted by Crippen LogP contribution is 2.15. The van der Waals surface area contributed by atoms with E-state index in [0.717, 1.165) is 18.5 Å². The van der Waals surface area contributed by atoms with Crippen LogP contribution in [0.1, 0.15) is 48.8 Å². The number of nitrogens with zero attached hydrogens (tertiary/aromatic N) is 2. The highest BCUT2D eigenvalue weighted by atomic mass is 16.3. The molecule has 0 aliphatic carbocycles. The predicted molar refractivity (Wildman–Crippen MR) is 68.6 cm³/mol. The number of aromatic nitrogens is 2. The first-order valence-electron chi connectivity index (χ1n) is 6.34. The van der Waals surface area contributed by atoms with Gasteiger partial charge in [0.1, 0.15) is 6.26 Å². The van der Waals surface area contributed by atoms with Gasteiger partial charge >= 0.3 is 0 Å². The molecule has 0 aromatic carbocycles. The quantitative estimate of drug-likeness (QED) is 0.735. The lowest BCUT2D eigenvalue weighted by atomic mass is 10.1. The molecule has 2 aromatic heterocycles. The maximum Gasteiger partial charge on any atom is 0.172 e. The summed E-state index contributed by atoms with van der Waals surface area (Å²) in [6, 6.07) is 4.01. The SMILES string of the molecule is CCC(CC)n1ccc(CC(=O)c2ccoc2)n1. The largest absolute Gasteiger partial charge is 0.472 e. The van der Waals surface area contributed by atoms with Crippen molar-refractivity contribution < 1.29 is 9.21 Å². The van der Waals surface area contributed by atoms with Crippen LogP contribution in [-0.2, 0) is 6.42 Å². The van der Waals surface area contributed by atoms with Crippen molar-refractivity contribution in [2.24, 2.45) is 0 Å². The third-order valence-electron chi connectivity index (χ3n) is 3.17. The molecule has 96 valence electrons. The molecular formula is C14H18N2O2. The van der Waals surface area contributed by atoms with Crippen molar-refractivity contribution >= 4 is 5.78 Å². The molecular weight excluding hydrogens is 228 g/mol. The fraction of sp³-hybridized carbons (Fsp3) is 0.429. The van der Waals surface area contributed by atoms with E-state index in [0.29, 0.717) is 18.0 Å². The van der Waals surface area contributed by atoms with Crippen molar-refractivity contribution in [2.45, 2.75) is 39.2 Å². The maximum atomic E-state index is 11.9. The lowest BCUT2D eigenvalue weighted by molar-refractivity contribution is 0.0991. The number of carbonyl (C=O) groups is 1. The standard InChI is InChI=1S/C14H18N2O2/c1-3-13(4-2)16-7-5-12(15-16)9-14(17)11-6-8-18-10-11/h5-8,10,13H,3-4,9H2,1-2H3. The van der Waals surface area contributed by atoms with Gasteiger partial charge in [0.2, 0.25) is 0 Å². The third-order valence-corrected chi connectivity index (χ3v) is 3.17. The van der Waals surface area contributed by atoms with Gasteiger partial charge in [-0.05, 0) is 25.0 Å². The Balaban J connectivity index is 2.05. The van der Waals surface area contributed by atoms with Crippen LogP contribution < -0.4 is 0 Å². The summed E-state index contributed by atoms with van der Waals surface area (Å²) in [4.78, 5) is 11.9. The molecule has 0 aliphatic heterocycles. The molecule has 0 saturated heterocycles. The highest BCUT2D eigenvalue weighted by molar-refractivity contribution is 5.96. The average Bonchev–Trinajstić information content (AvgIpc) is 3.01. The van der Waals surface area contributed by atoms with Crippen LogP contribution in [0.5, 0.6) is 0 Å². The molecule has 2 rings (SSSR count). The molecule has 0 saturated carbocycles. The molecule has 4 nitrogen and oxygen atoms in total. The summed E-state index contributed by atoms with van der Waals surface area (Å²) < 4.78 is 6.86. The van der Waals surface area contributed by atoms with Crippen molar-refractivity contribution in [1.82, 2.24) is 9.78 Å². The van der Waals surface area contributed by atoms with E-state index in [1.165, 1.54) is 12.5 Å². The molecule has 0 unspecified atom stereocenters. The maximum absolute atomic E-state index is 11.9. The van der Waals surface area contributed by atoms with Gasteiger partial charge in [-0.1, -0.05) is 13.8 Å². The normalized spacial score (nSPS) is 11.1. The molecule has 0 radical (unpaired) electrons. The Bertz CT molecular complexity index is 496. The molecule has 2 heterocycles. The van der Waals surface area contributed by atoms with Crippen LogP contribution in [0.2, 0.25) is 0 Å². The molecule has 0 aliphatic rings. The monoisotopic (exact) mass is 246 g/mol. The number of rotatable bonds is 6. The third kappa shape index (κ3) is 2.70. The van der Waals surface area contributed by atoms with Crippen molar-refractivity contribution in [2.75, 3.05) is 0 Å². The van der Waals surface area contributed by atoms with Crippen molar-refractivity contribution in [3.8, 4) is 0 Å². The molecule has 18 heavy (non-hydrogen) atoms. The second-order valence-electron chi connectivity index (χ2n) is 4.37. The Kier molecular flexibility index (Phi) is 3.97. The van der Waals surface area contributed by atoms with E-state index >= 15 is 0 Å². The smallest absolute Gasteiger partial charge is 0.172 e. The number of ketones is 1. The van der Waals surface area contributed by atoms with Gasteiger partial charge < -0.3 is 4.42 Å². The van der Waals surface area contributed by atoms with Crippen LogP contribution in [0.4, 0.5) is 0 Å². The topological polar surface area (TPSA) is 48.0 Å². The summed E-state index contributed by atoms with van der Waals surface area (Å²) in [5.41, 5.74) is 1.42. The zero-order valence-electron chi connectivity index (χ0n) is 10.8. The van der Waals surface area contributed by atoms with Crippen LogP contribution in [0.3, 0.4) is 0 Å². The molecule has 0 fully saturated rings. The summed E-state index contributed by atoms with van der Waals surface area (Å²) >= 11 is 0. The Labute approximate surface area is 107 Å². The van der Waals surface area contributed by atoms with E-state index in [4.69, 9.17) is 4.42 Å². The summed E-state index contributed by atoms with van der Waals surface area (Å²) in [6.07, 6.45) is 7.36. The van der Waals surface area contributed by atoms with Gasteiger partial charge in [-0.25, -0.2) is 0 Å². The van der Waals surface area contributed by atoms with Crippen LogP contribution in [0.25, 0.3) is 0 Å². The van der Waals surface area contributed by atoms with Gasteiger partial charge in [0.25, 0.3) is 0 Å². The predicted octanol–water partition coefficient (Wildman–Crippen LogP) is 3.26.